The summed E-state index contributed by atoms with van der Waals surface area (Å²) in [5.41, 5.74) is 2.59. The van der Waals surface area contributed by atoms with E-state index >= 15 is 4.39 Å². The fourth-order valence-corrected chi connectivity index (χ4v) is 7.60. The van der Waals surface area contributed by atoms with Crippen molar-refractivity contribution >= 4 is 49.2 Å². The zero-order valence-electron chi connectivity index (χ0n) is 28.2. The van der Waals surface area contributed by atoms with Crippen LogP contribution in [-0.2, 0) is 10.9 Å². The third-order valence-corrected chi connectivity index (χ3v) is 9.97. The van der Waals surface area contributed by atoms with Gasteiger partial charge >= 0.3 is 18.3 Å². The summed E-state index contributed by atoms with van der Waals surface area (Å²) >= 11 is 0.698. The number of anilines is 2. The van der Waals surface area contributed by atoms with Gasteiger partial charge in [-0.05, 0) is 63.3 Å². The van der Waals surface area contributed by atoms with Gasteiger partial charge in [0.1, 0.15) is 34.4 Å². The number of likely N-dealkylation sites (tertiary alicyclic amines) is 1. The van der Waals surface area contributed by atoms with Crippen LogP contribution in [0.1, 0.15) is 50.2 Å². The molecule has 3 aliphatic rings. The Morgan fingerprint density at radius 3 is 2.49 bits per heavy atom. The molecule has 3 aliphatic heterocycles. The number of nitrogen functional groups attached to an aromatic ring is 1. The lowest BCUT2D eigenvalue weighted by Gasteiger charge is -2.18. The molecule has 3 saturated heterocycles. The molecule has 0 radical (unpaired) electrons. The number of nitrogens with one attached hydrogen (secondary N) is 1. The van der Waals surface area contributed by atoms with Crippen LogP contribution in [0.5, 0.6) is 6.01 Å². The van der Waals surface area contributed by atoms with Crippen molar-refractivity contribution in [3.8, 4) is 23.2 Å². The molecule has 51 heavy (non-hydrogen) atoms. The lowest BCUT2D eigenvalue weighted by Crippen LogP contribution is -2.27. The summed E-state index contributed by atoms with van der Waals surface area (Å²) in [6, 6.07) is 4.75. The monoisotopic (exact) mass is 737 g/mol. The zero-order chi connectivity index (χ0) is 37.0. The second-order valence-corrected chi connectivity index (χ2v) is 13.2. The molecule has 1 amide bonds. The highest BCUT2D eigenvalue weighted by Crippen LogP contribution is 2.47. The van der Waals surface area contributed by atoms with E-state index in [4.69, 9.17) is 10.5 Å². The molecule has 4 aromatic rings. The number of hydrogen-bond acceptors (Lipinski definition) is 10. The van der Waals surface area contributed by atoms with E-state index in [0.29, 0.717) is 23.9 Å². The van der Waals surface area contributed by atoms with Crippen LogP contribution in [0, 0.1) is 23.0 Å². The minimum absolute atomic E-state index is 0.0444. The van der Waals surface area contributed by atoms with Crippen molar-refractivity contribution in [2.24, 2.45) is 0 Å². The Bertz CT molecular complexity index is 1930. The van der Waals surface area contributed by atoms with E-state index in [2.05, 4.69) is 24.9 Å². The van der Waals surface area contributed by atoms with E-state index in [1.54, 1.807) is 17.9 Å². The zero-order valence-corrected chi connectivity index (χ0v) is 29.0. The molecule has 0 aliphatic carbocycles. The van der Waals surface area contributed by atoms with Crippen LogP contribution in [-0.4, -0.2) is 85.0 Å². The molecule has 17 heteroatoms. The maximum absolute atomic E-state index is 15.9. The summed E-state index contributed by atoms with van der Waals surface area (Å²) in [6.07, 6.45) is -0.131. The Balaban J connectivity index is 0.000000225. The second kappa shape index (κ2) is 15.8. The summed E-state index contributed by atoms with van der Waals surface area (Å²) in [4.78, 5) is 22.6. The maximum Gasteiger partial charge on any atom is 0.417 e. The van der Waals surface area contributed by atoms with Crippen molar-refractivity contribution in [1.29, 1.82) is 5.26 Å². The quantitative estimate of drug-likeness (QED) is 0.202. The lowest BCUT2D eigenvalue weighted by atomic mass is 9.92. The smallest absolute Gasteiger partial charge is 0.417 e. The van der Waals surface area contributed by atoms with Gasteiger partial charge < -0.3 is 25.4 Å². The van der Waals surface area contributed by atoms with E-state index in [0.717, 1.165) is 57.1 Å². The number of nitrogens with zero attached hydrogens (tertiary/aromatic N) is 5. The standard InChI is InChI=1S/C21H14F5N5OS.C7H12FN.C6H11NO2/c1-3-29-19-9-6-11(21(24,25)26)14(15(23)16(9)30-20(31-19)32-2)8-4-5-12(22)17-13(8)10(7-27)18(28)33-17;8-6-4-7-2-1-3-9(7)5-6;1-9-6(8)7-4-2-3-5-7/h4-6H,3,28H2,1-2H3,(H,29,30,31);6-7H,1-5H2;2-5H2,1H3. The molecule has 5 heterocycles. The Labute approximate surface area is 294 Å². The van der Waals surface area contributed by atoms with Crippen LogP contribution < -0.4 is 15.8 Å². The summed E-state index contributed by atoms with van der Waals surface area (Å²) in [5.74, 6) is -2.15. The number of fused-ring (bicyclic) bond motifs is 3. The normalized spacial score (nSPS) is 18.5. The first-order chi connectivity index (χ1) is 24.3. The van der Waals surface area contributed by atoms with Crippen molar-refractivity contribution in [3.63, 3.8) is 0 Å². The molecular weight excluding hydrogens is 700 g/mol. The predicted octanol–water partition coefficient (Wildman–Crippen LogP) is 7.74. The predicted molar refractivity (Wildman–Crippen MR) is 182 cm³/mol. The highest BCUT2D eigenvalue weighted by Gasteiger charge is 2.38. The van der Waals surface area contributed by atoms with Gasteiger partial charge in [0.2, 0.25) is 0 Å². The summed E-state index contributed by atoms with van der Waals surface area (Å²) < 4.78 is 94.7. The van der Waals surface area contributed by atoms with Crippen LogP contribution in [0.3, 0.4) is 0 Å². The average Bonchev–Trinajstić information content (AvgIpc) is 3.91. The fourth-order valence-electron chi connectivity index (χ4n) is 6.65. The van der Waals surface area contributed by atoms with Gasteiger partial charge in [-0.2, -0.15) is 28.4 Å². The molecule has 2 aromatic carbocycles. The van der Waals surface area contributed by atoms with Crippen LogP contribution >= 0.6 is 11.3 Å². The van der Waals surface area contributed by atoms with Crippen LogP contribution in [0.15, 0.2) is 18.2 Å². The second-order valence-electron chi connectivity index (χ2n) is 12.1. The lowest BCUT2D eigenvalue weighted by molar-refractivity contribution is -0.137. The molecule has 0 bridgehead atoms. The molecule has 0 spiro atoms. The average molecular weight is 738 g/mol. The van der Waals surface area contributed by atoms with Gasteiger partial charge in [0.15, 0.2) is 5.82 Å². The number of aromatic nitrogens is 2. The molecule has 2 unspecified atom stereocenters. The van der Waals surface area contributed by atoms with Gasteiger partial charge in [0.05, 0.1) is 30.0 Å². The van der Waals surface area contributed by atoms with Crippen molar-refractivity contribution in [3.05, 3.63) is 41.0 Å². The third kappa shape index (κ3) is 7.86. The number of benzene rings is 2. The molecule has 0 saturated carbocycles. The number of carbonyl (C=O) groups is 1. The molecule has 3 fully saturated rings. The number of ether oxygens (including phenoxy) is 2. The molecule has 7 rings (SSSR count). The fraction of sp³-hybridized carbons (Fsp3) is 0.471. The summed E-state index contributed by atoms with van der Waals surface area (Å²) in [7, 11) is 2.65. The van der Waals surface area contributed by atoms with Crippen LogP contribution in [0.4, 0.5) is 42.0 Å². The van der Waals surface area contributed by atoms with Crippen molar-refractivity contribution in [1.82, 2.24) is 19.8 Å². The largest absolute Gasteiger partial charge is 0.467 e. The SMILES string of the molecule is CCNc1nc(OC)nc2c(F)c(-c3ccc(F)c4sc(N)c(C#N)c34)c(C(F)(F)F)cc12.COC(=O)N1CCCC1.FC1CC2CCCN2C1. The minimum Gasteiger partial charge on any atom is -0.467 e. The van der Waals surface area contributed by atoms with Crippen LogP contribution in [0.2, 0.25) is 0 Å². The first kappa shape index (κ1) is 37.7. The number of rotatable bonds is 4. The third-order valence-electron chi connectivity index (χ3n) is 8.94. The Hall–Kier alpha value is -4.56. The topological polar surface area (TPSA) is 130 Å². The number of hydrogen-bond donors (Lipinski definition) is 2. The summed E-state index contributed by atoms with van der Waals surface area (Å²) in [6.45, 7) is 5.57. The molecular formula is C34H37F6N7O3S. The van der Waals surface area contributed by atoms with E-state index in [9.17, 15) is 32.0 Å². The van der Waals surface area contributed by atoms with Crippen molar-refractivity contribution < 1.29 is 40.6 Å². The van der Waals surface area contributed by atoms with E-state index in [1.807, 2.05) is 0 Å². The minimum atomic E-state index is -5.00. The van der Waals surface area contributed by atoms with Crippen molar-refractivity contribution in [2.75, 3.05) is 58.0 Å². The number of thiophene rings is 1. The highest BCUT2D eigenvalue weighted by molar-refractivity contribution is 7.23. The van der Waals surface area contributed by atoms with Gasteiger partial charge in [0, 0.05) is 48.6 Å². The van der Waals surface area contributed by atoms with Gasteiger partial charge in [-0.3, -0.25) is 4.90 Å². The maximum atomic E-state index is 15.9. The molecule has 2 atom stereocenters. The first-order valence-electron chi connectivity index (χ1n) is 16.3. The molecule has 274 valence electrons. The number of methoxy groups -OCH3 is 2. The number of alkyl halides is 4. The summed E-state index contributed by atoms with van der Waals surface area (Å²) in [5, 5.41) is 11.8. The Morgan fingerprint density at radius 1 is 1.16 bits per heavy atom. The Kier molecular flexibility index (Phi) is 11.7. The number of nitriles is 1. The number of halogens is 6. The van der Waals surface area contributed by atoms with Gasteiger partial charge in [-0.25, -0.2) is 18.0 Å². The van der Waals surface area contributed by atoms with Gasteiger partial charge in [-0.1, -0.05) is 6.07 Å². The highest BCUT2D eigenvalue weighted by atomic mass is 32.1. The van der Waals surface area contributed by atoms with E-state index < -0.39 is 40.6 Å². The molecule has 2 aromatic heterocycles. The molecule has 10 nitrogen and oxygen atoms in total. The number of carbonyl (C=O) groups excluding carboxylic acids is 1. The van der Waals surface area contributed by atoms with Gasteiger partial charge in [0.25, 0.3) is 0 Å². The number of amides is 1. The molecule has 3 N–H and O–H groups in total. The van der Waals surface area contributed by atoms with Gasteiger partial charge in [-0.15, -0.1) is 11.3 Å². The Morgan fingerprint density at radius 2 is 1.88 bits per heavy atom. The van der Waals surface area contributed by atoms with E-state index in [1.165, 1.54) is 27.1 Å². The first-order valence-corrected chi connectivity index (χ1v) is 17.2. The van der Waals surface area contributed by atoms with E-state index in [-0.39, 0.29) is 56.1 Å². The van der Waals surface area contributed by atoms with Crippen molar-refractivity contribution in [2.45, 2.75) is 57.4 Å². The van der Waals surface area contributed by atoms with Crippen LogP contribution in [0.25, 0.3) is 32.1 Å². The number of nitrogens with two attached hydrogens (primary N) is 1.